The molecule has 0 N–H and O–H groups in total. The first-order valence-corrected chi connectivity index (χ1v) is 6.87. The first-order chi connectivity index (χ1) is 5.45. The fourth-order valence-electron chi connectivity index (χ4n) is 1.37. The number of hydrogen-bond acceptors (Lipinski definition) is 0. The van der Waals surface area contributed by atoms with E-state index < -0.39 is 8.80 Å². The van der Waals surface area contributed by atoms with Crippen LogP contribution < -0.4 is 34.0 Å². The first-order valence-electron chi connectivity index (χ1n) is 4.96. The molecule has 4 heteroatoms. The van der Waals surface area contributed by atoms with Gasteiger partial charge in [-0.3, -0.25) is 0 Å². The third-order valence-electron chi connectivity index (χ3n) is 1.98. The Morgan fingerprint density at radius 3 is 1.33 bits per heavy atom. The van der Waals surface area contributed by atoms with Gasteiger partial charge in [0.1, 0.15) is 8.80 Å². The molecule has 0 heterocycles. The van der Waals surface area contributed by atoms with Gasteiger partial charge in [-0.1, -0.05) is 41.5 Å². The van der Waals surface area contributed by atoms with E-state index in [1.807, 2.05) is 0 Å². The number of halogens is 2. The van der Waals surface area contributed by atoms with E-state index in [0.717, 1.165) is 11.1 Å². The summed E-state index contributed by atoms with van der Waals surface area (Å²) in [5, 5.41) is 0. The Hall–Kier alpha value is 1.50. The van der Waals surface area contributed by atoms with Gasteiger partial charge in [0.15, 0.2) is 0 Å². The molecule has 0 saturated heterocycles. The summed E-state index contributed by atoms with van der Waals surface area (Å²) in [6.45, 7) is 13.6. The molecule has 0 aromatic heterocycles. The van der Waals surface area contributed by atoms with Crippen molar-refractivity contribution in [2.24, 2.45) is 5.92 Å². The van der Waals surface area contributed by atoms with E-state index in [-0.39, 0.29) is 57.0 Å². The third-order valence-corrected chi connectivity index (χ3v) is 5.35. The molecule has 0 fully saturated rings. The fraction of sp³-hybridized carbons (Fsp3) is 0.818. The summed E-state index contributed by atoms with van der Waals surface area (Å²) >= 11 is 0. The van der Waals surface area contributed by atoms with Crippen LogP contribution in [-0.4, -0.2) is 31.8 Å². The zero-order chi connectivity index (χ0) is 9.72. The van der Waals surface area contributed by atoms with Gasteiger partial charge in [0.2, 0.25) is 0 Å². The second-order valence-electron chi connectivity index (χ2n) is 4.46. The molecule has 0 aliphatic rings. The summed E-state index contributed by atoms with van der Waals surface area (Å²) < 4.78 is 0. The van der Waals surface area contributed by atoms with Crippen LogP contribution in [0.3, 0.4) is 0 Å². The quantitative estimate of drug-likeness (QED) is 0.358. The largest absolute Gasteiger partial charge is 2.00 e. The summed E-state index contributed by atoms with van der Waals surface area (Å²) in [5.74, 6) is 3.86. The molecule has 0 unspecified atom stereocenters. The third kappa shape index (κ3) is 13.4. The molecule has 0 aliphatic heterocycles. The Bertz CT molecular complexity index is 175. The maximum absolute atomic E-state index is 3.51. The summed E-state index contributed by atoms with van der Waals surface area (Å²) in [6.07, 6.45) is 0. The van der Waals surface area contributed by atoms with Crippen molar-refractivity contribution in [2.45, 2.75) is 52.6 Å². The molecular formula is C11H22Br2MgSi. The van der Waals surface area contributed by atoms with Crippen LogP contribution in [0.1, 0.15) is 41.5 Å². The van der Waals surface area contributed by atoms with Gasteiger partial charge in [0.05, 0.1) is 0 Å². The predicted octanol–water partition coefficient (Wildman–Crippen LogP) is -3.14. The van der Waals surface area contributed by atoms with Gasteiger partial charge in [0, 0.05) is 5.92 Å². The molecular weight excluding hydrogens is 344 g/mol. The van der Waals surface area contributed by atoms with Crippen LogP contribution in [0, 0.1) is 17.4 Å². The zero-order valence-corrected chi connectivity index (χ0v) is 16.5. The maximum Gasteiger partial charge on any atom is 2.00 e. The van der Waals surface area contributed by atoms with E-state index in [0.29, 0.717) is 5.92 Å². The van der Waals surface area contributed by atoms with Gasteiger partial charge in [-0.05, 0) is 11.1 Å². The van der Waals surface area contributed by atoms with E-state index in [4.69, 9.17) is 0 Å². The van der Waals surface area contributed by atoms with Crippen LogP contribution in [0.2, 0.25) is 11.1 Å². The molecule has 0 aromatic carbocycles. The Balaban J connectivity index is -0.000000202. The van der Waals surface area contributed by atoms with Crippen molar-refractivity contribution in [3.8, 4) is 11.5 Å². The second kappa shape index (κ2) is 13.6. The maximum atomic E-state index is 3.51. The molecule has 0 aliphatic carbocycles. The second-order valence-corrected chi connectivity index (χ2v) is 8.46. The predicted molar refractivity (Wildman–Crippen MR) is 65.7 cm³/mol. The average molecular weight is 366 g/mol. The van der Waals surface area contributed by atoms with Gasteiger partial charge in [-0.15, -0.1) is 11.5 Å². The molecule has 0 aromatic rings. The average Bonchev–Trinajstić information content (AvgIpc) is 1.84. The molecule has 0 saturated carbocycles. The van der Waals surface area contributed by atoms with Crippen molar-refractivity contribution in [1.82, 2.24) is 0 Å². The first kappa shape index (κ1) is 25.4. The van der Waals surface area contributed by atoms with Gasteiger partial charge >= 0.3 is 23.1 Å². The molecule has 86 valence electrons. The van der Waals surface area contributed by atoms with Crippen LogP contribution in [0.25, 0.3) is 0 Å². The molecule has 0 bridgehead atoms. The van der Waals surface area contributed by atoms with Crippen molar-refractivity contribution in [1.29, 1.82) is 0 Å². The summed E-state index contributed by atoms with van der Waals surface area (Å²) in [6, 6.07) is 0. The minimum atomic E-state index is -0.798. The van der Waals surface area contributed by atoms with Gasteiger partial charge in [-0.2, -0.15) is 0 Å². The van der Waals surface area contributed by atoms with Gasteiger partial charge < -0.3 is 34.0 Å². The summed E-state index contributed by atoms with van der Waals surface area (Å²) in [5.41, 5.74) is 5.14. The Morgan fingerprint density at radius 2 is 1.13 bits per heavy atom. The van der Waals surface area contributed by atoms with E-state index in [9.17, 15) is 0 Å². The van der Waals surface area contributed by atoms with Crippen LogP contribution in [0.15, 0.2) is 0 Å². The van der Waals surface area contributed by atoms with Crippen molar-refractivity contribution in [2.75, 3.05) is 0 Å². The van der Waals surface area contributed by atoms with Crippen LogP contribution in [0.4, 0.5) is 0 Å². The molecule has 0 atom stereocenters. The molecule has 15 heavy (non-hydrogen) atoms. The van der Waals surface area contributed by atoms with E-state index in [2.05, 4.69) is 53.0 Å². The minimum absolute atomic E-state index is 0. The van der Waals surface area contributed by atoms with Crippen LogP contribution >= 0.6 is 0 Å². The molecule has 0 rings (SSSR count). The minimum Gasteiger partial charge on any atom is -1.00 e. The molecule has 0 amide bonds. The molecule has 0 spiro atoms. The monoisotopic (exact) mass is 364 g/mol. The molecule has 0 radical (unpaired) electrons. The van der Waals surface area contributed by atoms with Crippen LogP contribution in [0.5, 0.6) is 0 Å². The van der Waals surface area contributed by atoms with Gasteiger partial charge in [0.25, 0.3) is 0 Å². The van der Waals surface area contributed by atoms with Gasteiger partial charge in [-0.25, -0.2) is 0 Å². The number of hydrogen-bond donors (Lipinski definition) is 0. The Kier molecular flexibility index (Phi) is 22.9. The molecule has 0 nitrogen and oxygen atoms in total. The van der Waals surface area contributed by atoms with Crippen molar-refractivity contribution >= 4 is 31.8 Å². The van der Waals surface area contributed by atoms with Crippen molar-refractivity contribution in [3.05, 3.63) is 0 Å². The SMILES string of the molecule is CC(C)C#C[SiH](C(C)C)C(C)C.[Br-].[Br-].[Mg+2]. The van der Waals surface area contributed by atoms with E-state index >= 15 is 0 Å². The van der Waals surface area contributed by atoms with Crippen molar-refractivity contribution in [3.63, 3.8) is 0 Å². The van der Waals surface area contributed by atoms with Crippen molar-refractivity contribution < 1.29 is 34.0 Å². The summed E-state index contributed by atoms with van der Waals surface area (Å²) in [7, 11) is -0.798. The van der Waals surface area contributed by atoms with E-state index in [1.165, 1.54) is 0 Å². The van der Waals surface area contributed by atoms with E-state index in [1.54, 1.807) is 0 Å². The van der Waals surface area contributed by atoms with Crippen LogP contribution in [-0.2, 0) is 0 Å². The summed E-state index contributed by atoms with van der Waals surface area (Å²) in [4.78, 5) is 0. The Labute approximate surface area is 135 Å². The fourth-order valence-corrected chi connectivity index (χ4v) is 4.10. The Morgan fingerprint density at radius 1 is 0.800 bits per heavy atom. The smallest absolute Gasteiger partial charge is 1.00 e. The normalized spacial score (nSPS) is 8.93. The zero-order valence-electron chi connectivity index (χ0n) is 10.8. The standard InChI is InChI=1S/C11H22Si.2BrH.Mg/c1-9(2)7-8-12(10(3)4)11(5)6;;;/h9-12H,1-6H3;2*1H;/q;;;+2/p-2. The topological polar surface area (TPSA) is 0 Å². The number of rotatable bonds is 2.